The Balaban J connectivity index is 1.88. The molecule has 1 saturated heterocycles. The van der Waals surface area contributed by atoms with Gasteiger partial charge in [-0.1, -0.05) is 12.1 Å². The van der Waals surface area contributed by atoms with E-state index in [0.717, 1.165) is 17.6 Å². The number of halogens is 3. The molecule has 0 aliphatic carbocycles. The van der Waals surface area contributed by atoms with Gasteiger partial charge in [0.25, 0.3) is 0 Å². The van der Waals surface area contributed by atoms with Crippen LogP contribution in [0.5, 0.6) is 0 Å². The fourth-order valence-electron chi connectivity index (χ4n) is 2.56. The minimum atomic E-state index is -4.35. The van der Waals surface area contributed by atoms with Gasteiger partial charge in [-0.25, -0.2) is 0 Å². The molecule has 0 N–H and O–H groups in total. The van der Waals surface area contributed by atoms with Crippen LogP contribution in [-0.2, 0) is 15.5 Å². The van der Waals surface area contributed by atoms with Crippen molar-refractivity contribution in [2.24, 2.45) is 0 Å². The highest BCUT2D eigenvalue weighted by molar-refractivity contribution is 6.62. The molecule has 0 radical (unpaired) electrons. The second-order valence-electron chi connectivity index (χ2n) is 7.14. The van der Waals surface area contributed by atoms with E-state index in [1.54, 1.807) is 18.3 Å². The summed E-state index contributed by atoms with van der Waals surface area (Å²) in [6, 6.07) is 8.51. The topological polar surface area (TPSA) is 31.4 Å². The smallest absolute Gasteiger partial charge is 0.399 e. The Kier molecular flexibility index (Phi) is 4.20. The summed E-state index contributed by atoms with van der Waals surface area (Å²) in [7, 11) is -0.541. The van der Waals surface area contributed by atoms with Crippen LogP contribution in [-0.4, -0.2) is 23.3 Å². The van der Waals surface area contributed by atoms with E-state index in [9.17, 15) is 13.2 Å². The number of aromatic nitrogens is 1. The van der Waals surface area contributed by atoms with E-state index < -0.39 is 30.1 Å². The van der Waals surface area contributed by atoms with E-state index in [-0.39, 0.29) is 0 Å². The Morgan fingerprint density at radius 3 is 2.00 bits per heavy atom. The van der Waals surface area contributed by atoms with Crippen LogP contribution in [0.25, 0.3) is 11.3 Å². The SMILES string of the molecule is CC1(C)OB(c2ccnc(-c3ccc(C(F)(F)F)cc3)c2)OC1(C)C. The number of rotatable bonds is 2. The summed E-state index contributed by atoms with van der Waals surface area (Å²) in [5, 5.41) is 0. The van der Waals surface area contributed by atoms with E-state index in [1.165, 1.54) is 12.1 Å². The minimum Gasteiger partial charge on any atom is -0.399 e. The van der Waals surface area contributed by atoms with Gasteiger partial charge < -0.3 is 9.31 Å². The third kappa shape index (κ3) is 3.44. The molecule has 0 bridgehead atoms. The summed E-state index contributed by atoms with van der Waals surface area (Å²) in [6.07, 6.45) is -2.75. The normalized spacial score (nSPS) is 19.2. The van der Waals surface area contributed by atoms with Gasteiger partial charge in [-0.15, -0.1) is 0 Å². The molecule has 2 heterocycles. The number of nitrogens with zero attached hydrogens (tertiary/aromatic N) is 1. The predicted molar refractivity (Wildman–Crippen MR) is 90.4 cm³/mol. The number of benzene rings is 1. The molecule has 1 aliphatic heterocycles. The molecule has 0 saturated carbocycles. The fraction of sp³-hybridized carbons (Fsp3) is 0.389. The lowest BCUT2D eigenvalue weighted by Crippen LogP contribution is -2.41. The number of hydrogen-bond donors (Lipinski definition) is 0. The highest BCUT2D eigenvalue weighted by atomic mass is 19.4. The highest BCUT2D eigenvalue weighted by Gasteiger charge is 2.51. The van der Waals surface area contributed by atoms with Gasteiger partial charge in [0.05, 0.1) is 22.5 Å². The first-order chi connectivity index (χ1) is 11.5. The molecule has 0 unspecified atom stereocenters. The first-order valence-corrected chi connectivity index (χ1v) is 7.99. The molecule has 0 spiro atoms. The predicted octanol–water partition coefficient (Wildman–Crippen LogP) is 4.07. The number of pyridine rings is 1. The number of hydrogen-bond acceptors (Lipinski definition) is 3. The molecule has 132 valence electrons. The standard InChI is InChI=1S/C18H19BF3NO2/c1-16(2)17(3,4)25-19(24-16)14-9-10-23-15(11-14)12-5-7-13(8-6-12)18(20,21)22/h5-11H,1-4H3. The van der Waals surface area contributed by atoms with Crippen molar-refractivity contribution in [3.63, 3.8) is 0 Å². The lowest BCUT2D eigenvalue weighted by Gasteiger charge is -2.32. The molecular weight excluding hydrogens is 330 g/mol. The van der Waals surface area contributed by atoms with Crippen LogP contribution in [0.2, 0.25) is 0 Å². The van der Waals surface area contributed by atoms with Gasteiger partial charge in [-0.05, 0) is 57.4 Å². The molecule has 1 aromatic carbocycles. The summed E-state index contributed by atoms with van der Waals surface area (Å²) < 4.78 is 50.1. The van der Waals surface area contributed by atoms with Crippen LogP contribution < -0.4 is 5.46 Å². The van der Waals surface area contributed by atoms with Crippen LogP contribution in [0.1, 0.15) is 33.3 Å². The van der Waals surface area contributed by atoms with E-state index in [1.807, 2.05) is 27.7 Å². The van der Waals surface area contributed by atoms with Crippen molar-refractivity contribution in [3.05, 3.63) is 48.2 Å². The molecule has 3 rings (SSSR count). The Hall–Kier alpha value is -1.86. The first kappa shape index (κ1) is 18.0. The van der Waals surface area contributed by atoms with Gasteiger partial charge >= 0.3 is 13.3 Å². The van der Waals surface area contributed by atoms with Crippen LogP contribution >= 0.6 is 0 Å². The van der Waals surface area contributed by atoms with Gasteiger partial charge in [-0.3, -0.25) is 4.98 Å². The largest absolute Gasteiger partial charge is 0.494 e. The van der Waals surface area contributed by atoms with Crippen molar-refractivity contribution in [1.82, 2.24) is 4.98 Å². The zero-order chi connectivity index (χ0) is 18.5. The number of alkyl halides is 3. The Bertz CT molecular complexity index is 757. The lowest BCUT2D eigenvalue weighted by molar-refractivity contribution is -0.137. The van der Waals surface area contributed by atoms with Crippen molar-refractivity contribution >= 4 is 12.6 Å². The maximum Gasteiger partial charge on any atom is 0.494 e. The monoisotopic (exact) mass is 349 g/mol. The average Bonchev–Trinajstić information content (AvgIpc) is 2.75. The third-order valence-electron chi connectivity index (χ3n) is 4.82. The van der Waals surface area contributed by atoms with Crippen LogP contribution in [0.4, 0.5) is 13.2 Å². The van der Waals surface area contributed by atoms with Crippen LogP contribution in [0, 0.1) is 0 Å². The van der Waals surface area contributed by atoms with Crippen molar-refractivity contribution in [3.8, 4) is 11.3 Å². The summed E-state index contributed by atoms with van der Waals surface area (Å²) in [5.41, 5.74) is 0.347. The van der Waals surface area contributed by atoms with Crippen LogP contribution in [0.15, 0.2) is 42.6 Å². The first-order valence-electron chi connectivity index (χ1n) is 7.99. The molecule has 25 heavy (non-hydrogen) atoms. The maximum absolute atomic E-state index is 12.7. The quantitative estimate of drug-likeness (QED) is 0.766. The van der Waals surface area contributed by atoms with Crippen molar-refractivity contribution < 1.29 is 22.5 Å². The van der Waals surface area contributed by atoms with Crippen LogP contribution in [0.3, 0.4) is 0 Å². The van der Waals surface area contributed by atoms with Crippen molar-refractivity contribution in [1.29, 1.82) is 0 Å². The van der Waals surface area contributed by atoms with E-state index in [2.05, 4.69) is 4.98 Å². The second kappa shape index (κ2) is 5.85. The minimum absolute atomic E-state index is 0.463. The lowest BCUT2D eigenvalue weighted by atomic mass is 9.79. The van der Waals surface area contributed by atoms with Gasteiger partial charge in [0.2, 0.25) is 0 Å². The van der Waals surface area contributed by atoms with E-state index >= 15 is 0 Å². The molecule has 3 nitrogen and oxygen atoms in total. The van der Waals surface area contributed by atoms with Gasteiger partial charge in [-0.2, -0.15) is 13.2 Å². The molecule has 2 aromatic rings. The molecule has 0 amide bonds. The average molecular weight is 349 g/mol. The Labute approximate surface area is 145 Å². The summed E-state index contributed by atoms with van der Waals surface area (Å²) in [6.45, 7) is 7.85. The van der Waals surface area contributed by atoms with E-state index in [0.29, 0.717) is 11.3 Å². The molecule has 0 atom stereocenters. The molecule has 1 aliphatic rings. The Morgan fingerprint density at radius 2 is 1.48 bits per heavy atom. The zero-order valence-corrected chi connectivity index (χ0v) is 14.5. The van der Waals surface area contributed by atoms with E-state index in [4.69, 9.17) is 9.31 Å². The Morgan fingerprint density at radius 1 is 0.920 bits per heavy atom. The molecule has 1 aromatic heterocycles. The van der Waals surface area contributed by atoms with Crippen molar-refractivity contribution in [2.45, 2.75) is 45.1 Å². The molecule has 7 heteroatoms. The molecular formula is C18H19BF3NO2. The summed E-state index contributed by atoms with van der Waals surface area (Å²) in [5.74, 6) is 0. The van der Waals surface area contributed by atoms with Gasteiger partial charge in [0.1, 0.15) is 0 Å². The highest BCUT2D eigenvalue weighted by Crippen LogP contribution is 2.36. The third-order valence-corrected chi connectivity index (χ3v) is 4.82. The van der Waals surface area contributed by atoms with Crippen molar-refractivity contribution in [2.75, 3.05) is 0 Å². The summed E-state index contributed by atoms with van der Waals surface area (Å²) in [4.78, 5) is 4.25. The summed E-state index contributed by atoms with van der Waals surface area (Å²) >= 11 is 0. The second-order valence-corrected chi connectivity index (χ2v) is 7.14. The fourth-order valence-corrected chi connectivity index (χ4v) is 2.56. The van der Waals surface area contributed by atoms with Gasteiger partial charge in [0, 0.05) is 11.8 Å². The molecule has 1 fully saturated rings. The van der Waals surface area contributed by atoms with Gasteiger partial charge in [0.15, 0.2) is 0 Å². The maximum atomic E-state index is 12.7. The zero-order valence-electron chi connectivity index (χ0n) is 14.5.